The van der Waals surface area contributed by atoms with E-state index in [4.69, 9.17) is 0 Å². The van der Waals surface area contributed by atoms with Crippen LogP contribution in [-0.2, 0) is 12.0 Å². The van der Waals surface area contributed by atoms with Crippen LogP contribution in [0.15, 0.2) is 11.4 Å². The Labute approximate surface area is 77.4 Å². The van der Waals surface area contributed by atoms with Crippen LogP contribution in [0.4, 0.5) is 0 Å². The number of hydrogen-bond acceptors (Lipinski definition) is 2. The second-order valence-electron chi connectivity index (χ2n) is 4.20. The Bertz CT molecular complexity index is 274. The van der Waals surface area contributed by atoms with Crippen LogP contribution in [0.3, 0.4) is 0 Å². The van der Waals surface area contributed by atoms with Gasteiger partial charge in [-0.1, -0.05) is 32.5 Å². The molecule has 0 aliphatic carbocycles. The van der Waals surface area contributed by atoms with Crippen molar-refractivity contribution in [2.75, 3.05) is 5.75 Å². The number of rotatable bonds is 0. The van der Waals surface area contributed by atoms with Gasteiger partial charge < -0.3 is 4.57 Å². The summed E-state index contributed by atoms with van der Waals surface area (Å²) in [6.07, 6.45) is 2.19. The lowest BCUT2D eigenvalue weighted by atomic mass is 9.93. The third-order valence-corrected chi connectivity index (χ3v) is 3.04. The van der Waals surface area contributed by atoms with Gasteiger partial charge in [-0.2, -0.15) is 0 Å². The first-order chi connectivity index (χ1) is 5.57. The van der Waals surface area contributed by atoms with Crippen LogP contribution in [0.1, 0.15) is 26.5 Å². The molecule has 0 atom stereocenters. The summed E-state index contributed by atoms with van der Waals surface area (Å²) in [6, 6.07) is 0. The zero-order valence-electron chi connectivity index (χ0n) is 7.79. The van der Waals surface area contributed by atoms with Crippen LogP contribution in [-0.4, -0.2) is 15.3 Å². The molecule has 1 aliphatic heterocycles. The van der Waals surface area contributed by atoms with Crippen LogP contribution in [0, 0.1) is 0 Å². The van der Waals surface area contributed by atoms with Gasteiger partial charge >= 0.3 is 0 Å². The summed E-state index contributed by atoms with van der Waals surface area (Å²) in [4.78, 5) is 4.59. The van der Waals surface area contributed by atoms with Gasteiger partial charge in [0, 0.05) is 23.9 Å². The lowest BCUT2D eigenvalue weighted by Crippen LogP contribution is -2.11. The van der Waals surface area contributed by atoms with Gasteiger partial charge in [0.1, 0.15) is 0 Å². The summed E-state index contributed by atoms with van der Waals surface area (Å²) in [5.74, 6) is 1.19. The highest BCUT2D eigenvalue weighted by molar-refractivity contribution is 7.99. The second-order valence-corrected chi connectivity index (χ2v) is 5.26. The van der Waals surface area contributed by atoms with E-state index in [0.29, 0.717) is 0 Å². The molecule has 0 N–H and O–H groups in total. The van der Waals surface area contributed by atoms with E-state index in [9.17, 15) is 0 Å². The fraction of sp³-hybridized carbons (Fsp3) is 0.667. The highest BCUT2D eigenvalue weighted by atomic mass is 32.2. The summed E-state index contributed by atoms with van der Waals surface area (Å²) in [5.41, 5.74) is 1.41. The van der Waals surface area contributed by atoms with Gasteiger partial charge in [-0.3, -0.25) is 0 Å². The van der Waals surface area contributed by atoms with Crippen molar-refractivity contribution >= 4 is 11.8 Å². The van der Waals surface area contributed by atoms with E-state index in [0.717, 1.165) is 6.54 Å². The van der Waals surface area contributed by atoms with Crippen molar-refractivity contribution in [2.45, 2.75) is 37.9 Å². The highest BCUT2D eigenvalue weighted by Crippen LogP contribution is 2.29. The van der Waals surface area contributed by atoms with Crippen LogP contribution in [0.2, 0.25) is 0 Å². The lowest BCUT2D eigenvalue weighted by Gasteiger charge is -2.14. The molecule has 2 heterocycles. The van der Waals surface area contributed by atoms with Crippen molar-refractivity contribution in [2.24, 2.45) is 0 Å². The molecule has 0 bridgehead atoms. The first-order valence-corrected chi connectivity index (χ1v) is 5.26. The first-order valence-electron chi connectivity index (χ1n) is 4.28. The summed E-state index contributed by atoms with van der Waals surface area (Å²) in [7, 11) is 0. The van der Waals surface area contributed by atoms with Crippen molar-refractivity contribution in [3.63, 3.8) is 0 Å². The number of nitrogens with zero attached hydrogens (tertiary/aromatic N) is 2. The molecule has 12 heavy (non-hydrogen) atoms. The van der Waals surface area contributed by atoms with E-state index in [1.165, 1.54) is 16.6 Å². The molecule has 0 unspecified atom stereocenters. The van der Waals surface area contributed by atoms with E-state index < -0.39 is 0 Å². The van der Waals surface area contributed by atoms with E-state index in [1.54, 1.807) is 0 Å². The quantitative estimate of drug-likeness (QED) is 0.612. The maximum absolute atomic E-state index is 4.59. The minimum absolute atomic E-state index is 0.192. The van der Waals surface area contributed by atoms with Gasteiger partial charge in [0.05, 0.1) is 5.69 Å². The molecule has 0 amide bonds. The zero-order chi connectivity index (χ0) is 8.77. The van der Waals surface area contributed by atoms with Crippen molar-refractivity contribution in [1.82, 2.24) is 9.55 Å². The molecule has 0 radical (unpaired) electrons. The summed E-state index contributed by atoms with van der Waals surface area (Å²) < 4.78 is 2.26. The molecule has 1 aliphatic rings. The van der Waals surface area contributed by atoms with Crippen molar-refractivity contribution in [3.8, 4) is 0 Å². The Hall–Kier alpha value is -0.440. The van der Waals surface area contributed by atoms with Crippen LogP contribution < -0.4 is 0 Å². The smallest absolute Gasteiger partial charge is 0.168 e. The van der Waals surface area contributed by atoms with Gasteiger partial charge in [-0.15, -0.1) is 0 Å². The monoisotopic (exact) mass is 182 g/mol. The SMILES string of the molecule is CC(C)(C)c1cn2c(n1)SCC2. The molecule has 1 aromatic rings. The van der Waals surface area contributed by atoms with Crippen molar-refractivity contribution < 1.29 is 0 Å². The maximum Gasteiger partial charge on any atom is 0.168 e. The molecule has 2 rings (SSSR count). The summed E-state index contributed by atoms with van der Waals surface area (Å²) in [5, 5.41) is 1.19. The van der Waals surface area contributed by atoms with Gasteiger partial charge in [-0.25, -0.2) is 4.98 Å². The Morgan fingerprint density at radius 2 is 2.25 bits per heavy atom. The maximum atomic E-state index is 4.59. The molecule has 1 aromatic heterocycles. The molecule has 0 aromatic carbocycles. The molecule has 0 spiro atoms. The van der Waals surface area contributed by atoms with Gasteiger partial charge in [0.15, 0.2) is 5.16 Å². The van der Waals surface area contributed by atoms with Crippen molar-refractivity contribution in [1.29, 1.82) is 0 Å². The van der Waals surface area contributed by atoms with Crippen LogP contribution in [0.25, 0.3) is 0 Å². The van der Waals surface area contributed by atoms with Crippen molar-refractivity contribution in [3.05, 3.63) is 11.9 Å². The predicted octanol–water partition coefficient (Wildman–Crippen LogP) is 2.29. The minimum atomic E-state index is 0.192. The third-order valence-electron chi connectivity index (χ3n) is 2.07. The minimum Gasteiger partial charge on any atom is -0.325 e. The molecule has 2 nitrogen and oxygen atoms in total. The number of aromatic nitrogens is 2. The Morgan fingerprint density at radius 1 is 1.50 bits per heavy atom. The lowest BCUT2D eigenvalue weighted by molar-refractivity contribution is 0.569. The predicted molar refractivity (Wildman–Crippen MR) is 51.7 cm³/mol. The van der Waals surface area contributed by atoms with E-state index in [2.05, 4.69) is 36.5 Å². The largest absolute Gasteiger partial charge is 0.325 e. The fourth-order valence-electron chi connectivity index (χ4n) is 1.27. The first kappa shape index (κ1) is 8.17. The third kappa shape index (κ3) is 1.26. The Balaban J connectivity index is 2.38. The van der Waals surface area contributed by atoms with Gasteiger partial charge in [0.2, 0.25) is 0 Å². The molecule has 0 saturated heterocycles. The highest BCUT2D eigenvalue weighted by Gasteiger charge is 2.21. The number of hydrogen-bond donors (Lipinski definition) is 0. The Morgan fingerprint density at radius 3 is 2.83 bits per heavy atom. The molecule has 3 heteroatoms. The summed E-state index contributed by atoms with van der Waals surface area (Å²) in [6.45, 7) is 7.74. The number of imidazole rings is 1. The van der Waals surface area contributed by atoms with E-state index in [1.807, 2.05) is 11.8 Å². The van der Waals surface area contributed by atoms with Crippen LogP contribution >= 0.6 is 11.8 Å². The Kier molecular flexibility index (Phi) is 1.72. The van der Waals surface area contributed by atoms with E-state index >= 15 is 0 Å². The molecule has 0 saturated carbocycles. The normalized spacial score (nSPS) is 16.6. The standard InChI is InChI=1S/C9H14N2S/c1-9(2,3)7-6-11-4-5-12-8(11)10-7/h6H,4-5H2,1-3H3. The average Bonchev–Trinajstić information content (AvgIpc) is 2.37. The van der Waals surface area contributed by atoms with Gasteiger partial charge in [0.25, 0.3) is 0 Å². The second kappa shape index (κ2) is 2.52. The number of thioether (sulfide) groups is 1. The van der Waals surface area contributed by atoms with E-state index in [-0.39, 0.29) is 5.41 Å². The van der Waals surface area contributed by atoms with Crippen LogP contribution in [0.5, 0.6) is 0 Å². The molecule has 0 fully saturated rings. The zero-order valence-corrected chi connectivity index (χ0v) is 8.61. The molecular weight excluding hydrogens is 168 g/mol. The summed E-state index contributed by atoms with van der Waals surface area (Å²) >= 11 is 1.86. The topological polar surface area (TPSA) is 17.8 Å². The van der Waals surface area contributed by atoms with Gasteiger partial charge in [-0.05, 0) is 0 Å². The fourth-order valence-corrected chi connectivity index (χ4v) is 2.21. The molecule has 66 valence electrons. The number of fused-ring (bicyclic) bond motifs is 1. The number of aryl methyl sites for hydroxylation is 1. The molecular formula is C9H14N2S. The average molecular weight is 182 g/mol.